The van der Waals surface area contributed by atoms with Crippen LogP contribution in [-0.2, 0) is 9.53 Å². The first kappa shape index (κ1) is 23.8. The van der Waals surface area contributed by atoms with Gasteiger partial charge in [-0.1, -0.05) is 6.07 Å². The van der Waals surface area contributed by atoms with Crippen molar-refractivity contribution in [2.75, 3.05) is 13.2 Å². The highest BCUT2D eigenvalue weighted by Gasteiger charge is 2.30. The van der Waals surface area contributed by atoms with Crippen molar-refractivity contribution in [1.82, 2.24) is 15.2 Å². The molecule has 2 N–H and O–H groups in total. The Bertz CT molecular complexity index is 1470. The van der Waals surface area contributed by atoms with Gasteiger partial charge in [0.2, 0.25) is 5.88 Å². The van der Waals surface area contributed by atoms with Crippen LogP contribution in [0.25, 0.3) is 32.8 Å². The molecule has 7 nitrogen and oxygen atoms in total. The fourth-order valence-corrected chi connectivity index (χ4v) is 5.64. The summed E-state index contributed by atoms with van der Waals surface area (Å²) >= 11 is 0. The minimum atomic E-state index is -0.913. The second-order valence-corrected chi connectivity index (χ2v) is 9.98. The van der Waals surface area contributed by atoms with Crippen LogP contribution in [0.15, 0.2) is 36.5 Å². The van der Waals surface area contributed by atoms with Gasteiger partial charge >= 0.3 is 5.97 Å². The van der Waals surface area contributed by atoms with Crippen molar-refractivity contribution in [1.29, 1.82) is 0 Å². The molecule has 0 atom stereocenters. The van der Waals surface area contributed by atoms with Gasteiger partial charge in [-0.2, -0.15) is 5.10 Å². The third-order valence-corrected chi connectivity index (χ3v) is 7.67. The average Bonchev–Trinajstić information content (AvgIpc) is 3.37. The van der Waals surface area contributed by atoms with Crippen LogP contribution in [0.5, 0.6) is 5.88 Å². The number of hydrogen-bond acceptors (Lipinski definition) is 5. The number of hydrogen-bond donors (Lipinski definition) is 2. The normalized spacial score (nSPS) is 20.9. The van der Waals surface area contributed by atoms with Gasteiger partial charge in [-0.05, 0) is 73.7 Å². The summed E-state index contributed by atoms with van der Waals surface area (Å²) in [6, 6.07) is 7.88. The van der Waals surface area contributed by atoms with E-state index in [-0.39, 0.29) is 17.9 Å². The summed E-state index contributed by atoms with van der Waals surface area (Å²) < 4.78 is 40.4. The average molecular weight is 508 g/mol. The number of fused-ring (bicyclic) bond motifs is 2. The minimum absolute atomic E-state index is 0.0615. The molecule has 0 amide bonds. The predicted octanol–water partition coefficient (Wildman–Crippen LogP) is 5.97. The number of nitrogens with zero attached hydrogens (tertiary/aromatic N) is 2. The fourth-order valence-electron chi connectivity index (χ4n) is 5.64. The smallest absolute Gasteiger partial charge is 0.306 e. The first-order chi connectivity index (χ1) is 18.0. The van der Waals surface area contributed by atoms with E-state index in [9.17, 15) is 18.7 Å². The molecule has 0 bridgehead atoms. The van der Waals surface area contributed by atoms with Crippen molar-refractivity contribution < 1.29 is 28.2 Å². The number of ether oxygens (including phenoxy) is 2. The summed E-state index contributed by atoms with van der Waals surface area (Å²) in [6.07, 6.45) is 5.46. The van der Waals surface area contributed by atoms with Crippen LogP contribution in [0.4, 0.5) is 8.78 Å². The van der Waals surface area contributed by atoms with Crippen molar-refractivity contribution >= 4 is 27.6 Å². The van der Waals surface area contributed by atoms with Crippen LogP contribution >= 0.6 is 0 Å². The fraction of sp³-hybridized carbons (Fsp3) is 0.393. The molecule has 0 unspecified atom stereocenters. The van der Waals surface area contributed by atoms with Crippen LogP contribution in [0.3, 0.4) is 0 Å². The van der Waals surface area contributed by atoms with E-state index in [1.165, 1.54) is 6.07 Å². The molecular formula is C28H27F2N3O4. The van der Waals surface area contributed by atoms with E-state index >= 15 is 0 Å². The number of aromatic nitrogens is 3. The second-order valence-electron chi connectivity index (χ2n) is 9.98. The lowest BCUT2D eigenvalue weighted by Gasteiger charge is -2.29. The van der Waals surface area contributed by atoms with Gasteiger partial charge in [0.25, 0.3) is 0 Å². The number of benzene rings is 2. The molecule has 4 aromatic rings. The molecule has 6 rings (SSSR count). The van der Waals surface area contributed by atoms with Crippen molar-refractivity contribution in [2.24, 2.45) is 5.92 Å². The molecule has 2 aromatic carbocycles. The quantitative estimate of drug-likeness (QED) is 0.345. The molecule has 1 saturated carbocycles. The monoisotopic (exact) mass is 507 g/mol. The van der Waals surface area contributed by atoms with Gasteiger partial charge in [-0.15, -0.1) is 0 Å². The third kappa shape index (κ3) is 4.52. The van der Waals surface area contributed by atoms with Gasteiger partial charge in [0, 0.05) is 35.5 Å². The third-order valence-electron chi connectivity index (χ3n) is 7.67. The first-order valence-electron chi connectivity index (χ1n) is 12.7. The van der Waals surface area contributed by atoms with Gasteiger partial charge in [-0.3, -0.25) is 9.89 Å². The number of rotatable bonds is 5. The Hall–Kier alpha value is -3.59. The minimum Gasteiger partial charge on any atom is -0.481 e. The van der Waals surface area contributed by atoms with Crippen molar-refractivity contribution in [3.8, 4) is 17.0 Å². The van der Waals surface area contributed by atoms with Crippen LogP contribution in [-0.4, -0.2) is 45.6 Å². The Morgan fingerprint density at radius 2 is 1.78 bits per heavy atom. The molecule has 1 saturated heterocycles. The topological polar surface area (TPSA) is 97.3 Å². The molecule has 2 aliphatic rings. The number of pyridine rings is 1. The Morgan fingerprint density at radius 3 is 2.51 bits per heavy atom. The first-order valence-corrected chi connectivity index (χ1v) is 12.7. The Labute approximate surface area is 211 Å². The van der Waals surface area contributed by atoms with Gasteiger partial charge in [0.1, 0.15) is 6.10 Å². The molecule has 3 heterocycles. The van der Waals surface area contributed by atoms with Crippen molar-refractivity contribution in [3.05, 3.63) is 53.9 Å². The Balaban J connectivity index is 1.53. The summed E-state index contributed by atoms with van der Waals surface area (Å²) in [6.45, 7) is 1.19. The molecule has 0 spiro atoms. The number of carbonyl (C=O) groups is 1. The molecule has 9 heteroatoms. The van der Waals surface area contributed by atoms with Crippen LogP contribution in [0, 0.1) is 17.6 Å². The van der Waals surface area contributed by atoms with Crippen molar-refractivity contribution in [3.63, 3.8) is 0 Å². The highest BCUT2D eigenvalue weighted by Crippen LogP contribution is 2.43. The van der Waals surface area contributed by atoms with E-state index in [1.807, 2.05) is 12.1 Å². The second kappa shape index (κ2) is 9.70. The SMILES string of the molecule is O=C(O)[C@H]1CC[C@@H](Oc2nc(C3CCOCC3)c(-c3ccc(F)c(F)c3)c3cc4cn[nH]c4cc23)CC1. The number of carboxylic acids is 1. The lowest BCUT2D eigenvalue weighted by Crippen LogP contribution is -2.28. The summed E-state index contributed by atoms with van der Waals surface area (Å²) in [7, 11) is 0. The zero-order valence-electron chi connectivity index (χ0n) is 20.2. The Morgan fingerprint density at radius 1 is 1.00 bits per heavy atom. The van der Waals surface area contributed by atoms with Gasteiger partial charge in [-0.25, -0.2) is 13.8 Å². The zero-order valence-corrected chi connectivity index (χ0v) is 20.2. The number of aliphatic carboxylic acids is 1. The number of halogens is 2. The van der Waals surface area contributed by atoms with E-state index in [4.69, 9.17) is 14.5 Å². The van der Waals surface area contributed by atoms with E-state index in [1.54, 1.807) is 12.3 Å². The molecule has 37 heavy (non-hydrogen) atoms. The molecule has 1 aliphatic heterocycles. The highest BCUT2D eigenvalue weighted by atomic mass is 19.2. The summed E-state index contributed by atoms with van der Waals surface area (Å²) in [5.74, 6) is -2.39. The predicted molar refractivity (Wildman–Crippen MR) is 134 cm³/mol. The zero-order chi connectivity index (χ0) is 25.5. The van der Waals surface area contributed by atoms with Crippen LogP contribution < -0.4 is 4.74 Å². The highest BCUT2D eigenvalue weighted by molar-refractivity contribution is 6.06. The van der Waals surface area contributed by atoms with Gasteiger partial charge < -0.3 is 14.6 Å². The lowest BCUT2D eigenvalue weighted by atomic mass is 9.86. The molecule has 0 radical (unpaired) electrons. The number of H-pyrrole nitrogens is 1. The summed E-state index contributed by atoms with van der Waals surface area (Å²) in [4.78, 5) is 16.5. The Kier molecular flexibility index (Phi) is 6.24. The number of carboxylic acid groups (broad SMARTS) is 1. The molecule has 2 fully saturated rings. The number of nitrogens with one attached hydrogen (secondary N) is 1. The molecule has 192 valence electrons. The maximum atomic E-state index is 14.4. The number of aromatic amines is 1. The lowest BCUT2D eigenvalue weighted by molar-refractivity contribution is -0.143. The summed E-state index contributed by atoms with van der Waals surface area (Å²) in [5.41, 5.74) is 2.89. The van der Waals surface area contributed by atoms with Gasteiger partial charge in [0.05, 0.1) is 23.3 Å². The van der Waals surface area contributed by atoms with Crippen molar-refractivity contribution in [2.45, 2.75) is 50.5 Å². The maximum absolute atomic E-state index is 14.4. The largest absolute Gasteiger partial charge is 0.481 e. The molecular weight excluding hydrogens is 480 g/mol. The van der Waals surface area contributed by atoms with E-state index in [2.05, 4.69) is 10.2 Å². The van der Waals surface area contributed by atoms with Crippen LogP contribution in [0.2, 0.25) is 0 Å². The summed E-state index contributed by atoms with van der Waals surface area (Å²) in [5, 5.41) is 19.0. The van der Waals surface area contributed by atoms with E-state index in [0.717, 1.165) is 51.8 Å². The maximum Gasteiger partial charge on any atom is 0.306 e. The van der Waals surface area contributed by atoms with Crippen LogP contribution in [0.1, 0.15) is 50.1 Å². The molecule has 1 aliphatic carbocycles. The van der Waals surface area contributed by atoms with Gasteiger partial charge in [0.15, 0.2) is 11.6 Å². The van der Waals surface area contributed by atoms with E-state index < -0.39 is 17.6 Å². The molecule has 2 aromatic heterocycles. The standard InChI is InChI=1S/C28H27F2N3O4/c29-22-6-3-17(12-23(22)30)25-20-11-18-14-31-33-24(18)13-21(20)27(32-26(25)15-7-9-36-10-8-15)37-19-4-1-16(2-5-19)28(34)35/h3,6,11-16,19H,1-2,4-5,7-10H2,(H,31,33)(H,34,35)/t16-,19+. The van der Waals surface area contributed by atoms with E-state index in [0.29, 0.717) is 50.3 Å².